The number of halogens is 1. The van der Waals surface area contributed by atoms with Gasteiger partial charge in [0.1, 0.15) is 5.76 Å². The average molecular weight is 394 g/mol. The third-order valence-electron chi connectivity index (χ3n) is 3.73. The zero-order valence-electron chi connectivity index (χ0n) is 13.0. The van der Waals surface area contributed by atoms with Crippen molar-refractivity contribution < 1.29 is 13.9 Å². The minimum absolute atomic E-state index is 0.212. The van der Waals surface area contributed by atoms with Crippen molar-refractivity contribution in [2.75, 3.05) is 0 Å². The molecule has 0 fully saturated rings. The summed E-state index contributed by atoms with van der Waals surface area (Å²) in [4.78, 5) is 16.3. The Bertz CT molecular complexity index is 985. The van der Waals surface area contributed by atoms with Crippen LogP contribution in [0.2, 0.25) is 0 Å². The van der Waals surface area contributed by atoms with Gasteiger partial charge in [-0.2, -0.15) is 0 Å². The predicted molar refractivity (Wildman–Crippen MR) is 98.9 cm³/mol. The molecule has 0 saturated carbocycles. The normalized spacial score (nSPS) is 15.3. The number of carbonyl (C=O) groups is 1. The number of carbonyl (C=O) groups excluding carboxylic acids is 1. The van der Waals surface area contributed by atoms with E-state index in [1.54, 1.807) is 18.2 Å². The first kappa shape index (κ1) is 15.6. The number of ether oxygens (including phenoxy) is 1. The molecule has 0 saturated heterocycles. The van der Waals surface area contributed by atoms with Crippen molar-refractivity contribution in [1.82, 2.24) is 0 Å². The van der Waals surface area contributed by atoms with Gasteiger partial charge >= 0.3 is 5.97 Å². The van der Waals surface area contributed by atoms with Crippen molar-refractivity contribution in [3.8, 4) is 11.1 Å². The van der Waals surface area contributed by atoms with Gasteiger partial charge in [-0.1, -0.05) is 42.5 Å². The van der Waals surface area contributed by atoms with Crippen LogP contribution in [-0.4, -0.2) is 11.9 Å². The van der Waals surface area contributed by atoms with Crippen LogP contribution in [0.1, 0.15) is 11.3 Å². The number of cyclic esters (lactones) is 1. The van der Waals surface area contributed by atoms with Gasteiger partial charge < -0.3 is 9.15 Å². The van der Waals surface area contributed by atoms with Gasteiger partial charge in [0.25, 0.3) is 0 Å². The van der Waals surface area contributed by atoms with E-state index in [-0.39, 0.29) is 5.70 Å². The van der Waals surface area contributed by atoms with Crippen LogP contribution in [0, 0.1) is 0 Å². The van der Waals surface area contributed by atoms with Gasteiger partial charge in [-0.3, -0.25) is 0 Å². The van der Waals surface area contributed by atoms with Crippen LogP contribution in [0.25, 0.3) is 17.2 Å². The maximum Gasteiger partial charge on any atom is 0.363 e. The molecule has 1 aliphatic heterocycles. The fourth-order valence-electron chi connectivity index (χ4n) is 2.51. The largest absolute Gasteiger partial charge is 0.450 e. The molecule has 0 N–H and O–H groups in total. The standard InChI is InChI=1S/C20H12BrNO3/c21-18-11-10-16(24-18)12-17-20(23)25-19(22-17)15-8-6-14(7-9-15)13-4-2-1-3-5-13/h1-12H/b17-12-. The Morgan fingerprint density at radius 1 is 0.840 bits per heavy atom. The highest BCUT2D eigenvalue weighted by Gasteiger charge is 2.24. The molecule has 0 amide bonds. The van der Waals surface area contributed by atoms with E-state index >= 15 is 0 Å². The third-order valence-corrected chi connectivity index (χ3v) is 4.16. The van der Waals surface area contributed by atoms with E-state index in [0.29, 0.717) is 16.3 Å². The first-order valence-corrected chi connectivity index (χ1v) is 8.42. The Hall–Kier alpha value is -2.92. The van der Waals surface area contributed by atoms with Gasteiger partial charge in [0.2, 0.25) is 5.90 Å². The lowest BCUT2D eigenvalue weighted by Gasteiger charge is -2.03. The Morgan fingerprint density at radius 3 is 2.20 bits per heavy atom. The quantitative estimate of drug-likeness (QED) is 0.461. The second-order valence-corrected chi connectivity index (χ2v) is 6.20. The molecule has 0 atom stereocenters. The zero-order valence-corrected chi connectivity index (χ0v) is 14.6. The molecule has 0 unspecified atom stereocenters. The Balaban J connectivity index is 1.61. The SMILES string of the molecule is O=C1OC(c2ccc(-c3ccccc3)cc2)=N/C1=C\c1ccc(Br)o1. The van der Waals surface area contributed by atoms with Crippen LogP contribution in [0.3, 0.4) is 0 Å². The Morgan fingerprint density at radius 2 is 1.52 bits per heavy atom. The summed E-state index contributed by atoms with van der Waals surface area (Å²) in [5.41, 5.74) is 3.18. The van der Waals surface area contributed by atoms with Crippen molar-refractivity contribution >= 4 is 33.9 Å². The molecule has 0 spiro atoms. The fourth-order valence-corrected chi connectivity index (χ4v) is 2.83. The summed E-state index contributed by atoms with van der Waals surface area (Å²) >= 11 is 3.22. The van der Waals surface area contributed by atoms with Crippen LogP contribution in [0.4, 0.5) is 0 Å². The molecule has 0 aliphatic carbocycles. The molecule has 2 heterocycles. The molecule has 0 bridgehead atoms. The molecule has 0 radical (unpaired) electrons. The molecule has 3 aromatic rings. The number of aliphatic imine (C=N–C) groups is 1. The van der Waals surface area contributed by atoms with Gasteiger partial charge in [0.15, 0.2) is 10.4 Å². The minimum Gasteiger partial charge on any atom is -0.450 e. The topological polar surface area (TPSA) is 51.8 Å². The monoisotopic (exact) mass is 393 g/mol. The van der Waals surface area contributed by atoms with Crippen molar-refractivity contribution in [1.29, 1.82) is 0 Å². The molecular weight excluding hydrogens is 382 g/mol. The fraction of sp³-hybridized carbons (Fsp3) is 0. The lowest BCUT2D eigenvalue weighted by molar-refractivity contribution is -0.129. The van der Waals surface area contributed by atoms with Gasteiger partial charge in [-0.25, -0.2) is 9.79 Å². The first-order valence-electron chi connectivity index (χ1n) is 7.63. The summed E-state index contributed by atoms with van der Waals surface area (Å²) in [6.45, 7) is 0. The summed E-state index contributed by atoms with van der Waals surface area (Å²) in [5, 5.41) is 0. The molecule has 5 heteroatoms. The van der Waals surface area contributed by atoms with E-state index in [1.807, 2.05) is 54.6 Å². The average Bonchev–Trinajstić information content (AvgIpc) is 3.22. The van der Waals surface area contributed by atoms with Gasteiger partial charge in [-0.15, -0.1) is 0 Å². The summed E-state index contributed by atoms with van der Waals surface area (Å²) < 4.78 is 11.2. The van der Waals surface area contributed by atoms with E-state index in [0.717, 1.165) is 16.7 Å². The summed E-state index contributed by atoms with van der Waals surface area (Å²) in [6, 6.07) is 21.3. The Kier molecular flexibility index (Phi) is 4.07. The van der Waals surface area contributed by atoms with E-state index in [4.69, 9.17) is 9.15 Å². The summed E-state index contributed by atoms with van der Waals surface area (Å²) in [5.74, 6) is 0.333. The van der Waals surface area contributed by atoms with Crippen molar-refractivity contribution in [3.63, 3.8) is 0 Å². The molecule has 4 nitrogen and oxygen atoms in total. The second kappa shape index (κ2) is 6.53. The van der Waals surface area contributed by atoms with Crippen molar-refractivity contribution in [2.24, 2.45) is 4.99 Å². The highest BCUT2D eigenvalue weighted by molar-refractivity contribution is 9.10. The van der Waals surface area contributed by atoms with Crippen LogP contribution in [0.15, 0.2) is 86.5 Å². The minimum atomic E-state index is -0.491. The first-order chi connectivity index (χ1) is 12.2. The smallest absolute Gasteiger partial charge is 0.363 e. The molecule has 4 rings (SSSR count). The second-order valence-electron chi connectivity index (χ2n) is 5.42. The highest BCUT2D eigenvalue weighted by Crippen LogP contribution is 2.24. The molecule has 1 aromatic heterocycles. The van der Waals surface area contributed by atoms with Crippen LogP contribution in [-0.2, 0) is 9.53 Å². The molecule has 25 heavy (non-hydrogen) atoms. The van der Waals surface area contributed by atoms with Crippen LogP contribution < -0.4 is 0 Å². The van der Waals surface area contributed by atoms with Gasteiger partial charge in [0.05, 0.1) is 0 Å². The predicted octanol–water partition coefficient (Wildman–Crippen LogP) is 5.05. The number of rotatable bonds is 3. The Labute approximate surface area is 152 Å². The number of benzene rings is 2. The zero-order chi connectivity index (χ0) is 17.2. The molecule has 2 aromatic carbocycles. The molecular formula is C20H12BrNO3. The van der Waals surface area contributed by atoms with E-state index < -0.39 is 5.97 Å². The van der Waals surface area contributed by atoms with E-state index in [1.165, 1.54) is 0 Å². The number of hydrogen-bond donors (Lipinski definition) is 0. The van der Waals surface area contributed by atoms with Gasteiger partial charge in [-0.05, 0) is 51.3 Å². The van der Waals surface area contributed by atoms with Gasteiger partial charge in [0, 0.05) is 11.6 Å². The van der Waals surface area contributed by atoms with E-state index in [9.17, 15) is 4.79 Å². The number of nitrogens with zero attached hydrogens (tertiary/aromatic N) is 1. The third kappa shape index (κ3) is 3.32. The van der Waals surface area contributed by atoms with Crippen LogP contribution >= 0.6 is 15.9 Å². The lowest BCUT2D eigenvalue weighted by Crippen LogP contribution is -2.05. The maximum atomic E-state index is 12.0. The molecule has 1 aliphatic rings. The number of furan rings is 1. The molecule has 122 valence electrons. The summed E-state index contributed by atoms with van der Waals surface area (Å²) in [7, 11) is 0. The summed E-state index contributed by atoms with van der Waals surface area (Å²) in [6.07, 6.45) is 1.55. The number of esters is 1. The van der Waals surface area contributed by atoms with Crippen LogP contribution in [0.5, 0.6) is 0 Å². The highest BCUT2D eigenvalue weighted by atomic mass is 79.9. The lowest BCUT2D eigenvalue weighted by atomic mass is 10.0. The van der Waals surface area contributed by atoms with E-state index in [2.05, 4.69) is 20.9 Å². The number of hydrogen-bond acceptors (Lipinski definition) is 4. The maximum absolute atomic E-state index is 12.0. The van der Waals surface area contributed by atoms with Crippen molar-refractivity contribution in [2.45, 2.75) is 0 Å². The van der Waals surface area contributed by atoms with Crippen molar-refractivity contribution in [3.05, 3.63) is 88.4 Å².